The van der Waals surface area contributed by atoms with Crippen LogP contribution in [0.25, 0.3) is 6.08 Å². The zero-order valence-corrected chi connectivity index (χ0v) is 10.8. The van der Waals surface area contributed by atoms with E-state index in [1.807, 2.05) is 0 Å². The molecule has 0 aromatic heterocycles. The molecule has 0 saturated carbocycles. The molecule has 0 radical (unpaired) electrons. The van der Waals surface area contributed by atoms with Gasteiger partial charge in [-0.1, -0.05) is 6.07 Å². The number of carbonyl (C=O) groups is 1. The van der Waals surface area contributed by atoms with Crippen molar-refractivity contribution in [2.75, 3.05) is 18.5 Å². The van der Waals surface area contributed by atoms with E-state index in [0.717, 1.165) is 6.08 Å². The maximum atomic E-state index is 13.7. The lowest BCUT2D eigenvalue weighted by atomic mass is 10.1. The maximum absolute atomic E-state index is 13.7. The Morgan fingerprint density at radius 1 is 1.63 bits per heavy atom. The summed E-state index contributed by atoms with van der Waals surface area (Å²) in [5.41, 5.74) is 0.761. The zero-order chi connectivity index (χ0) is 14.4. The molecule has 0 fully saturated rings. The van der Waals surface area contributed by atoms with E-state index in [1.165, 1.54) is 12.1 Å². The average molecular weight is 262 g/mol. The van der Waals surface area contributed by atoms with Crippen molar-refractivity contribution in [3.05, 3.63) is 35.7 Å². The van der Waals surface area contributed by atoms with Crippen LogP contribution in [0.5, 0.6) is 0 Å². The van der Waals surface area contributed by atoms with Crippen molar-refractivity contribution in [3.63, 3.8) is 0 Å². The summed E-state index contributed by atoms with van der Waals surface area (Å²) in [6.45, 7) is 2.20. The van der Waals surface area contributed by atoms with Crippen LogP contribution in [-0.2, 0) is 4.79 Å². The quantitative estimate of drug-likeness (QED) is 0.828. The SMILES string of the molecule is CC(C#N)CN(C)c1cccc(F)c1/C=C/C(=O)O. The molecule has 0 amide bonds. The van der Waals surface area contributed by atoms with Crippen LogP contribution in [0.3, 0.4) is 0 Å². The van der Waals surface area contributed by atoms with Gasteiger partial charge in [0, 0.05) is 30.9 Å². The highest BCUT2D eigenvalue weighted by Gasteiger charge is 2.12. The van der Waals surface area contributed by atoms with E-state index in [9.17, 15) is 9.18 Å². The van der Waals surface area contributed by atoms with Crippen LogP contribution in [0.4, 0.5) is 10.1 Å². The van der Waals surface area contributed by atoms with Crippen LogP contribution in [0.1, 0.15) is 12.5 Å². The summed E-state index contributed by atoms with van der Waals surface area (Å²) >= 11 is 0. The minimum Gasteiger partial charge on any atom is -0.478 e. The van der Waals surface area contributed by atoms with Crippen molar-refractivity contribution in [2.45, 2.75) is 6.92 Å². The van der Waals surface area contributed by atoms with Gasteiger partial charge in [0.1, 0.15) is 5.82 Å². The molecule has 1 aromatic rings. The second-order valence-corrected chi connectivity index (χ2v) is 4.25. The monoisotopic (exact) mass is 262 g/mol. The van der Waals surface area contributed by atoms with Gasteiger partial charge in [-0.2, -0.15) is 5.26 Å². The lowest BCUT2D eigenvalue weighted by Gasteiger charge is -2.22. The number of benzene rings is 1. The number of rotatable bonds is 5. The van der Waals surface area contributed by atoms with Gasteiger partial charge in [0.05, 0.1) is 12.0 Å². The summed E-state index contributed by atoms with van der Waals surface area (Å²) in [6, 6.07) is 6.61. The number of hydrogen-bond donors (Lipinski definition) is 1. The zero-order valence-electron chi connectivity index (χ0n) is 10.8. The standard InChI is InChI=1S/C14H15FN2O2/c1-10(8-16)9-17(2)13-5-3-4-12(15)11(13)6-7-14(18)19/h3-7,10H,9H2,1-2H3,(H,18,19)/b7-6+. The lowest BCUT2D eigenvalue weighted by molar-refractivity contribution is -0.131. The molecule has 1 aromatic carbocycles. The molecule has 1 rings (SSSR count). The Balaban J connectivity index is 3.10. The number of halogens is 1. The third kappa shape index (κ3) is 4.11. The molecular formula is C14H15FN2O2. The topological polar surface area (TPSA) is 64.3 Å². The molecule has 0 spiro atoms. The summed E-state index contributed by atoms with van der Waals surface area (Å²) < 4.78 is 13.7. The van der Waals surface area contributed by atoms with Crippen molar-refractivity contribution in [1.82, 2.24) is 0 Å². The molecule has 1 atom stereocenters. The molecule has 0 heterocycles. The molecule has 5 heteroatoms. The van der Waals surface area contributed by atoms with E-state index < -0.39 is 11.8 Å². The first-order chi connectivity index (χ1) is 8.95. The Hall–Kier alpha value is -2.35. The van der Waals surface area contributed by atoms with Gasteiger partial charge in [0.15, 0.2) is 0 Å². The van der Waals surface area contributed by atoms with Gasteiger partial charge in [-0.3, -0.25) is 0 Å². The highest BCUT2D eigenvalue weighted by Crippen LogP contribution is 2.24. The predicted octanol–water partition coefficient (Wildman–Crippen LogP) is 2.52. The number of aliphatic carboxylic acids is 1. The molecule has 4 nitrogen and oxygen atoms in total. The maximum Gasteiger partial charge on any atom is 0.328 e. The Morgan fingerprint density at radius 2 is 2.32 bits per heavy atom. The minimum absolute atomic E-state index is 0.204. The van der Waals surface area contributed by atoms with E-state index >= 15 is 0 Å². The molecule has 0 bridgehead atoms. The summed E-state index contributed by atoms with van der Waals surface area (Å²) in [5.74, 6) is -1.83. The molecular weight excluding hydrogens is 247 g/mol. The summed E-state index contributed by atoms with van der Waals surface area (Å²) in [6.07, 6.45) is 2.12. The average Bonchev–Trinajstić information content (AvgIpc) is 2.36. The van der Waals surface area contributed by atoms with E-state index in [1.54, 1.807) is 31.0 Å². The molecule has 0 aliphatic carbocycles. The molecule has 0 aliphatic rings. The van der Waals surface area contributed by atoms with Crippen LogP contribution in [-0.4, -0.2) is 24.7 Å². The molecule has 1 N–H and O–H groups in total. The second-order valence-electron chi connectivity index (χ2n) is 4.25. The van der Waals surface area contributed by atoms with Crippen molar-refractivity contribution >= 4 is 17.7 Å². The molecule has 19 heavy (non-hydrogen) atoms. The lowest BCUT2D eigenvalue weighted by Crippen LogP contribution is -2.24. The van der Waals surface area contributed by atoms with Crippen LogP contribution < -0.4 is 4.90 Å². The van der Waals surface area contributed by atoms with E-state index in [0.29, 0.717) is 12.2 Å². The third-order valence-electron chi connectivity index (χ3n) is 2.60. The van der Waals surface area contributed by atoms with Gasteiger partial charge in [-0.15, -0.1) is 0 Å². The Kier molecular flexibility index (Phi) is 5.07. The van der Waals surface area contributed by atoms with Gasteiger partial charge in [0.25, 0.3) is 0 Å². The van der Waals surface area contributed by atoms with Crippen LogP contribution in [0, 0.1) is 23.1 Å². The van der Waals surface area contributed by atoms with Gasteiger partial charge in [-0.05, 0) is 25.1 Å². The highest BCUT2D eigenvalue weighted by molar-refractivity contribution is 5.87. The fourth-order valence-electron chi connectivity index (χ4n) is 1.73. The summed E-state index contributed by atoms with van der Waals surface area (Å²) in [7, 11) is 1.74. The summed E-state index contributed by atoms with van der Waals surface area (Å²) in [4.78, 5) is 12.3. The summed E-state index contributed by atoms with van der Waals surface area (Å²) in [5, 5.41) is 17.4. The van der Waals surface area contributed by atoms with E-state index in [2.05, 4.69) is 6.07 Å². The molecule has 0 saturated heterocycles. The van der Waals surface area contributed by atoms with Crippen molar-refractivity contribution < 1.29 is 14.3 Å². The Labute approximate surface area is 111 Å². The Morgan fingerprint density at radius 3 is 2.89 bits per heavy atom. The molecule has 100 valence electrons. The molecule has 1 unspecified atom stereocenters. The number of hydrogen-bond acceptors (Lipinski definition) is 3. The van der Waals surface area contributed by atoms with Crippen LogP contribution in [0.2, 0.25) is 0 Å². The van der Waals surface area contributed by atoms with Crippen LogP contribution >= 0.6 is 0 Å². The van der Waals surface area contributed by atoms with E-state index in [-0.39, 0.29) is 11.5 Å². The third-order valence-corrected chi connectivity index (χ3v) is 2.60. The van der Waals surface area contributed by atoms with E-state index in [4.69, 9.17) is 10.4 Å². The number of nitriles is 1. The van der Waals surface area contributed by atoms with Crippen LogP contribution in [0.15, 0.2) is 24.3 Å². The first kappa shape index (κ1) is 14.7. The van der Waals surface area contributed by atoms with Gasteiger partial charge in [-0.25, -0.2) is 9.18 Å². The Bertz CT molecular complexity index is 535. The minimum atomic E-state index is -1.14. The largest absolute Gasteiger partial charge is 0.478 e. The second kappa shape index (κ2) is 6.55. The number of carboxylic acids is 1. The van der Waals surface area contributed by atoms with Gasteiger partial charge in [0.2, 0.25) is 0 Å². The number of carboxylic acid groups (broad SMARTS) is 1. The first-order valence-electron chi connectivity index (χ1n) is 5.76. The van der Waals surface area contributed by atoms with Gasteiger partial charge >= 0.3 is 5.97 Å². The van der Waals surface area contributed by atoms with Crippen molar-refractivity contribution in [1.29, 1.82) is 5.26 Å². The highest BCUT2D eigenvalue weighted by atomic mass is 19.1. The normalized spacial score (nSPS) is 12.1. The predicted molar refractivity (Wildman–Crippen MR) is 71.1 cm³/mol. The number of nitrogens with zero attached hydrogens (tertiary/aromatic N) is 2. The molecule has 0 aliphatic heterocycles. The first-order valence-corrected chi connectivity index (χ1v) is 5.76. The fourth-order valence-corrected chi connectivity index (χ4v) is 1.73. The van der Waals surface area contributed by atoms with Crippen molar-refractivity contribution in [2.24, 2.45) is 5.92 Å². The fraction of sp³-hybridized carbons (Fsp3) is 0.286. The van der Waals surface area contributed by atoms with Crippen molar-refractivity contribution in [3.8, 4) is 6.07 Å². The van der Waals surface area contributed by atoms with Gasteiger partial charge < -0.3 is 10.0 Å². The number of anilines is 1. The smallest absolute Gasteiger partial charge is 0.328 e.